The highest BCUT2D eigenvalue weighted by molar-refractivity contribution is 5.74. The number of rotatable bonds is 8. The van der Waals surface area contributed by atoms with Crippen molar-refractivity contribution in [2.24, 2.45) is 0 Å². The van der Waals surface area contributed by atoms with Crippen LogP contribution in [0.5, 0.6) is 0 Å². The molecular weight excluding hydrogens is 248 g/mol. The number of carbonyl (C=O) groups excluding carboxylic acids is 1. The van der Waals surface area contributed by atoms with Crippen LogP contribution in [0.3, 0.4) is 0 Å². The van der Waals surface area contributed by atoms with Crippen LogP contribution in [0.25, 0.3) is 0 Å². The Balaban J connectivity index is 1.97. The molecule has 1 heterocycles. The summed E-state index contributed by atoms with van der Waals surface area (Å²) in [6, 6.07) is -0.154. The van der Waals surface area contributed by atoms with Gasteiger partial charge in [0.05, 0.1) is 12.1 Å². The Kier molecular flexibility index (Phi) is 6.62. The van der Waals surface area contributed by atoms with Crippen molar-refractivity contribution >= 4 is 12.0 Å². The summed E-state index contributed by atoms with van der Waals surface area (Å²) in [5.74, 6) is -0.746. The zero-order valence-corrected chi connectivity index (χ0v) is 11.5. The standard InChI is InChI=1S/C13H24N2O4/c1-13(7-9-19-10-13)15-12(18)14-8-5-3-2-4-6-11(16)17/h2-10H2,1H3,(H,16,17)(H2,14,15,18). The summed E-state index contributed by atoms with van der Waals surface area (Å²) >= 11 is 0. The predicted octanol–water partition coefficient (Wildman–Crippen LogP) is 1.50. The van der Waals surface area contributed by atoms with Gasteiger partial charge >= 0.3 is 12.0 Å². The van der Waals surface area contributed by atoms with E-state index < -0.39 is 5.97 Å². The van der Waals surface area contributed by atoms with E-state index in [0.717, 1.165) is 25.7 Å². The number of ether oxygens (including phenoxy) is 1. The van der Waals surface area contributed by atoms with Crippen molar-refractivity contribution in [3.8, 4) is 0 Å². The Morgan fingerprint density at radius 3 is 2.63 bits per heavy atom. The van der Waals surface area contributed by atoms with Gasteiger partial charge in [0, 0.05) is 19.6 Å². The second kappa shape index (κ2) is 7.99. The number of nitrogens with one attached hydrogen (secondary N) is 2. The predicted molar refractivity (Wildman–Crippen MR) is 71.1 cm³/mol. The third kappa shape index (κ3) is 7.00. The molecule has 0 aromatic heterocycles. The second-order valence-corrected chi connectivity index (χ2v) is 5.30. The maximum Gasteiger partial charge on any atom is 0.315 e. The number of amides is 2. The first-order valence-corrected chi connectivity index (χ1v) is 6.87. The Labute approximate surface area is 113 Å². The molecule has 1 unspecified atom stereocenters. The minimum Gasteiger partial charge on any atom is -0.481 e. The summed E-state index contributed by atoms with van der Waals surface area (Å²) in [6.45, 7) is 3.86. The molecule has 0 aromatic carbocycles. The van der Waals surface area contributed by atoms with Crippen LogP contribution in [-0.2, 0) is 9.53 Å². The van der Waals surface area contributed by atoms with Crippen molar-refractivity contribution in [3.63, 3.8) is 0 Å². The largest absolute Gasteiger partial charge is 0.481 e. The van der Waals surface area contributed by atoms with Gasteiger partial charge in [-0.25, -0.2) is 4.79 Å². The number of unbranched alkanes of at least 4 members (excludes halogenated alkanes) is 3. The summed E-state index contributed by atoms with van der Waals surface area (Å²) in [5.41, 5.74) is -0.244. The zero-order valence-electron chi connectivity index (χ0n) is 11.5. The highest BCUT2D eigenvalue weighted by atomic mass is 16.5. The number of aliphatic carboxylic acids is 1. The molecule has 19 heavy (non-hydrogen) atoms. The minimum absolute atomic E-state index is 0.154. The lowest BCUT2D eigenvalue weighted by molar-refractivity contribution is -0.137. The molecule has 0 saturated carbocycles. The van der Waals surface area contributed by atoms with E-state index in [-0.39, 0.29) is 18.0 Å². The minimum atomic E-state index is -0.746. The Morgan fingerprint density at radius 2 is 2.00 bits per heavy atom. The molecular formula is C13H24N2O4. The summed E-state index contributed by atoms with van der Waals surface area (Å²) in [6.07, 6.45) is 4.48. The van der Waals surface area contributed by atoms with Crippen molar-refractivity contribution in [1.29, 1.82) is 0 Å². The monoisotopic (exact) mass is 272 g/mol. The van der Waals surface area contributed by atoms with Crippen LogP contribution >= 0.6 is 0 Å². The number of carboxylic acid groups (broad SMARTS) is 1. The molecule has 3 N–H and O–H groups in total. The highest BCUT2D eigenvalue weighted by Gasteiger charge is 2.30. The quantitative estimate of drug-likeness (QED) is 0.584. The molecule has 1 aliphatic rings. The van der Waals surface area contributed by atoms with E-state index >= 15 is 0 Å². The molecule has 2 amide bonds. The number of carbonyl (C=O) groups is 2. The lowest BCUT2D eigenvalue weighted by Gasteiger charge is -2.23. The lowest BCUT2D eigenvalue weighted by Crippen LogP contribution is -2.50. The van der Waals surface area contributed by atoms with Gasteiger partial charge in [-0.3, -0.25) is 4.79 Å². The Hall–Kier alpha value is -1.30. The van der Waals surface area contributed by atoms with Crippen molar-refractivity contribution in [1.82, 2.24) is 10.6 Å². The maximum atomic E-state index is 11.6. The maximum absolute atomic E-state index is 11.6. The number of urea groups is 1. The molecule has 0 radical (unpaired) electrons. The van der Waals surface area contributed by atoms with Gasteiger partial charge in [-0.2, -0.15) is 0 Å². The smallest absolute Gasteiger partial charge is 0.315 e. The Bertz CT molecular complexity index is 301. The van der Waals surface area contributed by atoms with Gasteiger partial charge in [-0.1, -0.05) is 12.8 Å². The van der Waals surface area contributed by atoms with Crippen LogP contribution in [0.1, 0.15) is 45.4 Å². The fourth-order valence-electron chi connectivity index (χ4n) is 2.04. The molecule has 1 atom stereocenters. The van der Waals surface area contributed by atoms with Gasteiger partial charge in [0.25, 0.3) is 0 Å². The first-order valence-electron chi connectivity index (χ1n) is 6.87. The third-order valence-electron chi connectivity index (χ3n) is 3.24. The second-order valence-electron chi connectivity index (χ2n) is 5.30. The van der Waals surface area contributed by atoms with E-state index in [2.05, 4.69) is 10.6 Å². The third-order valence-corrected chi connectivity index (χ3v) is 3.24. The first-order chi connectivity index (χ1) is 9.02. The molecule has 0 aromatic rings. The Morgan fingerprint density at radius 1 is 1.26 bits per heavy atom. The van der Waals surface area contributed by atoms with Crippen LogP contribution < -0.4 is 10.6 Å². The molecule has 0 bridgehead atoms. The molecule has 0 aliphatic carbocycles. The molecule has 1 saturated heterocycles. The van der Waals surface area contributed by atoms with E-state index in [1.807, 2.05) is 6.92 Å². The zero-order chi connectivity index (χ0) is 14.1. The summed E-state index contributed by atoms with van der Waals surface area (Å²) in [4.78, 5) is 21.9. The normalized spacial score (nSPS) is 22.2. The number of hydrogen-bond acceptors (Lipinski definition) is 3. The summed E-state index contributed by atoms with van der Waals surface area (Å²) in [5, 5.41) is 14.2. The SMILES string of the molecule is CC1(NC(=O)NCCCCCCC(=O)O)CCOC1. The fraction of sp³-hybridized carbons (Fsp3) is 0.846. The molecule has 1 aliphatic heterocycles. The summed E-state index contributed by atoms with van der Waals surface area (Å²) < 4.78 is 5.26. The van der Waals surface area contributed by atoms with Crippen LogP contribution in [0, 0.1) is 0 Å². The van der Waals surface area contributed by atoms with Gasteiger partial charge in [-0.05, 0) is 26.2 Å². The van der Waals surface area contributed by atoms with Gasteiger partial charge in [-0.15, -0.1) is 0 Å². The molecule has 110 valence electrons. The molecule has 1 rings (SSSR count). The van der Waals surface area contributed by atoms with Crippen LogP contribution in [0.4, 0.5) is 4.79 Å². The average molecular weight is 272 g/mol. The number of hydrogen-bond donors (Lipinski definition) is 3. The summed E-state index contributed by atoms with van der Waals surface area (Å²) in [7, 11) is 0. The first kappa shape index (κ1) is 15.8. The van der Waals surface area contributed by atoms with Crippen molar-refractivity contribution in [3.05, 3.63) is 0 Å². The lowest BCUT2D eigenvalue weighted by atomic mass is 10.0. The van der Waals surface area contributed by atoms with E-state index in [9.17, 15) is 9.59 Å². The molecule has 6 heteroatoms. The van der Waals surface area contributed by atoms with Crippen LogP contribution in [-0.4, -0.2) is 42.4 Å². The molecule has 6 nitrogen and oxygen atoms in total. The molecule has 0 spiro atoms. The van der Waals surface area contributed by atoms with E-state index in [1.54, 1.807) is 0 Å². The fourth-order valence-corrected chi connectivity index (χ4v) is 2.04. The highest BCUT2D eigenvalue weighted by Crippen LogP contribution is 2.16. The van der Waals surface area contributed by atoms with E-state index in [0.29, 0.717) is 26.2 Å². The average Bonchev–Trinajstić information content (AvgIpc) is 2.74. The molecule has 1 fully saturated rings. The van der Waals surface area contributed by atoms with Gasteiger partial charge < -0.3 is 20.5 Å². The van der Waals surface area contributed by atoms with Crippen molar-refractivity contribution in [2.75, 3.05) is 19.8 Å². The van der Waals surface area contributed by atoms with Crippen LogP contribution in [0.15, 0.2) is 0 Å². The number of carboxylic acids is 1. The van der Waals surface area contributed by atoms with E-state index in [1.165, 1.54) is 0 Å². The van der Waals surface area contributed by atoms with Gasteiger partial charge in [0.1, 0.15) is 0 Å². The van der Waals surface area contributed by atoms with Gasteiger partial charge in [0.2, 0.25) is 0 Å². The van der Waals surface area contributed by atoms with Crippen LogP contribution in [0.2, 0.25) is 0 Å². The van der Waals surface area contributed by atoms with Gasteiger partial charge in [0.15, 0.2) is 0 Å². The topological polar surface area (TPSA) is 87.7 Å². The van der Waals surface area contributed by atoms with Crippen molar-refractivity contribution in [2.45, 2.75) is 51.0 Å². The van der Waals surface area contributed by atoms with E-state index in [4.69, 9.17) is 9.84 Å². The van der Waals surface area contributed by atoms with Crippen molar-refractivity contribution < 1.29 is 19.4 Å².